The van der Waals surface area contributed by atoms with E-state index in [0.717, 1.165) is 55.5 Å². The molecule has 0 spiro atoms. The van der Waals surface area contributed by atoms with E-state index >= 15 is 0 Å². The molecule has 0 amide bonds. The molecule has 30 heavy (non-hydrogen) atoms. The molecule has 0 aliphatic carbocycles. The summed E-state index contributed by atoms with van der Waals surface area (Å²) in [5.74, 6) is 1.77. The average Bonchev–Trinajstić information content (AvgIpc) is 3.37. The van der Waals surface area contributed by atoms with Crippen molar-refractivity contribution in [2.24, 2.45) is 0 Å². The quantitative estimate of drug-likeness (QED) is 0.271. The van der Waals surface area contributed by atoms with Gasteiger partial charge in [0.2, 0.25) is 0 Å². The smallest absolute Gasteiger partial charge is 0.169 e. The first-order chi connectivity index (χ1) is 14.7. The van der Waals surface area contributed by atoms with Gasteiger partial charge in [-0.15, -0.1) is 20.4 Å². The van der Waals surface area contributed by atoms with Gasteiger partial charge in [0.05, 0.1) is 11.0 Å². The van der Waals surface area contributed by atoms with Gasteiger partial charge in [0.15, 0.2) is 11.3 Å². The predicted octanol–water partition coefficient (Wildman–Crippen LogP) is 5.00. The Labute approximate surface area is 170 Å². The molecule has 0 aliphatic rings. The molecule has 0 saturated carbocycles. The first kappa shape index (κ1) is 15.8. The van der Waals surface area contributed by atoms with Crippen LogP contribution >= 0.6 is 0 Å². The van der Waals surface area contributed by atoms with Crippen molar-refractivity contribution >= 4 is 54.6 Å². The van der Waals surface area contributed by atoms with Gasteiger partial charge in [0, 0.05) is 21.5 Å². The minimum Gasteiger partial charge on any atom is -0.279 e. The monoisotopic (exact) mass is 388 g/mol. The SMILES string of the molecule is Cc1nnc2c3cc4c5ccccc5n5c(C)nnc5c4cc3c3ccccc3n12. The number of fused-ring (bicyclic) bond motifs is 12. The zero-order chi connectivity index (χ0) is 20.0. The third-order valence-corrected chi connectivity index (χ3v) is 6.16. The Hall–Kier alpha value is -4.06. The highest BCUT2D eigenvalue weighted by molar-refractivity contribution is 6.22. The van der Waals surface area contributed by atoms with E-state index in [0.29, 0.717) is 0 Å². The molecule has 142 valence electrons. The molecule has 0 radical (unpaired) electrons. The van der Waals surface area contributed by atoms with Crippen molar-refractivity contribution in [1.82, 2.24) is 29.2 Å². The molecular formula is C24H16N6. The highest BCUT2D eigenvalue weighted by Gasteiger charge is 2.17. The highest BCUT2D eigenvalue weighted by atomic mass is 15.3. The van der Waals surface area contributed by atoms with Crippen molar-refractivity contribution in [1.29, 1.82) is 0 Å². The lowest BCUT2D eigenvalue weighted by Crippen LogP contribution is -1.96. The minimum atomic E-state index is 0.879. The number of hydrogen-bond donors (Lipinski definition) is 0. The van der Waals surface area contributed by atoms with Crippen molar-refractivity contribution in [3.63, 3.8) is 0 Å². The van der Waals surface area contributed by atoms with Crippen LogP contribution in [0.15, 0.2) is 60.7 Å². The van der Waals surface area contributed by atoms with Crippen LogP contribution in [0, 0.1) is 13.8 Å². The van der Waals surface area contributed by atoms with Gasteiger partial charge in [0.25, 0.3) is 0 Å². The lowest BCUT2D eigenvalue weighted by molar-refractivity contribution is 1.02. The summed E-state index contributed by atoms with van der Waals surface area (Å²) in [6.45, 7) is 3.99. The Kier molecular flexibility index (Phi) is 2.79. The second-order valence-electron chi connectivity index (χ2n) is 7.79. The van der Waals surface area contributed by atoms with Crippen LogP contribution in [0.2, 0.25) is 0 Å². The van der Waals surface area contributed by atoms with E-state index in [1.165, 1.54) is 10.8 Å². The molecule has 0 fully saturated rings. The second kappa shape index (κ2) is 5.30. The summed E-state index contributed by atoms with van der Waals surface area (Å²) in [5, 5.41) is 24.6. The van der Waals surface area contributed by atoms with Gasteiger partial charge in [-0.2, -0.15) is 0 Å². The summed E-state index contributed by atoms with van der Waals surface area (Å²) in [5.41, 5.74) is 3.97. The highest BCUT2D eigenvalue weighted by Crippen LogP contribution is 2.37. The maximum Gasteiger partial charge on any atom is 0.169 e. The molecule has 0 aliphatic heterocycles. The molecule has 0 atom stereocenters. The van der Waals surface area contributed by atoms with Crippen LogP contribution < -0.4 is 0 Å². The van der Waals surface area contributed by atoms with Gasteiger partial charge in [-0.05, 0) is 48.9 Å². The summed E-state index contributed by atoms with van der Waals surface area (Å²) in [6.07, 6.45) is 0. The van der Waals surface area contributed by atoms with Crippen molar-refractivity contribution in [3.05, 3.63) is 72.3 Å². The summed E-state index contributed by atoms with van der Waals surface area (Å²) >= 11 is 0. The van der Waals surface area contributed by atoms with Gasteiger partial charge in [-0.3, -0.25) is 8.80 Å². The maximum atomic E-state index is 4.53. The zero-order valence-corrected chi connectivity index (χ0v) is 16.5. The van der Waals surface area contributed by atoms with Crippen molar-refractivity contribution in [2.45, 2.75) is 13.8 Å². The average molecular weight is 388 g/mol. The number of pyridine rings is 2. The molecule has 0 saturated heterocycles. The van der Waals surface area contributed by atoms with E-state index < -0.39 is 0 Å². The molecule has 4 heterocycles. The van der Waals surface area contributed by atoms with Crippen LogP contribution in [0.25, 0.3) is 54.6 Å². The topological polar surface area (TPSA) is 60.4 Å². The van der Waals surface area contributed by atoms with Crippen molar-refractivity contribution < 1.29 is 0 Å². The molecule has 7 rings (SSSR count). The third kappa shape index (κ3) is 1.79. The van der Waals surface area contributed by atoms with E-state index in [4.69, 9.17) is 0 Å². The van der Waals surface area contributed by atoms with Crippen LogP contribution in [-0.2, 0) is 0 Å². The number of para-hydroxylation sites is 2. The molecule has 6 nitrogen and oxygen atoms in total. The number of nitrogens with zero attached hydrogens (tertiary/aromatic N) is 6. The Morgan fingerprint density at radius 1 is 0.500 bits per heavy atom. The Bertz CT molecular complexity index is 1690. The number of hydrogen-bond acceptors (Lipinski definition) is 4. The molecule has 4 aromatic heterocycles. The van der Waals surface area contributed by atoms with Crippen molar-refractivity contribution in [3.8, 4) is 0 Å². The fourth-order valence-electron chi connectivity index (χ4n) is 4.86. The Balaban J connectivity index is 1.85. The summed E-state index contributed by atoms with van der Waals surface area (Å²) in [6, 6.07) is 21.3. The summed E-state index contributed by atoms with van der Waals surface area (Å²) in [7, 11) is 0. The van der Waals surface area contributed by atoms with Crippen LogP contribution in [0.4, 0.5) is 0 Å². The summed E-state index contributed by atoms with van der Waals surface area (Å²) < 4.78 is 4.29. The van der Waals surface area contributed by atoms with E-state index in [1.54, 1.807) is 0 Å². The molecule has 0 unspecified atom stereocenters. The van der Waals surface area contributed by atoms with Crippen LogP contribution in [0.5, 0.6) is 0 Å². The van der Waals surface area contributed by atoms with Gasteiger partial charge in [-0.25, -0.2) is 0 Å². The van der Waals surface area contributed by atoms with Crippen LogP contribution in [-0.4, -0.2) is 29.2 Å². The molecule has 0 N–H and O–H groups in total. The largest absolute Gasteiger partial charge is 0.279 e. The van der Waals surface area contributed by atoms with E-state index in [2.05, 4.69) is 89.9 Å². The lowest BCUT2D eigenvalue weighted by Gasteiger charge is -2.12. The molecular weight excluding hydrogens is 372 g/mol. The number of benzene rings is 3. The minimum absolute atomic E-state index is 0.879. The lowest BCUT2D eigenvalue weighted by atomic mass is 9.99. The van der Waals surface area contributed by atoms with Gasteiger partial charge < -0.3 is 0 Å². The number of aromatic nitrogens is 6. The summed E-state index contributed by atoms with van der Waals surface area (Å²) in [4.78, 5) is 0. The van der Waals surface area contributed by atoms with E-state index in [-0.39, 0.29) is 0 Å². The van der Waals surface area contributed by atoms with Gasteiger partial charge in [-0.1, -0.05) is 36.4 Å². The predicted molar refractivity (Wildman–Crippen MR) is 119 cm³/mol. The molecule has 3 aromatic carbocycles. The molecule has 0 bridgehead atoms. The van der Waals surface area contributed by atoms with Gasteiger partial charge in [0.1, 0.15) is 11.6 Å². The maximum absolute atomic E-state index is 4.53. The van der Waals surface area contributed by atoms with Crippen LogP contribution in [0.1, 0.15) is 11.6 Å². The Morgan fingerprint density at radius 2 is 0.933 bits per heavy atom. The van der Waals surface area contributed by atoms with Gasteiger partial charge >= 0.3 is 0 Å². The first-order valence-corrected chi connectivity index (χ1v) is 9.95. The van der Waals surface area contributed by atoms with Crippen molar-refractivity contribution in [2.75, 3.05) is 0 Å². The fraction of sp³-hybridized carbons (Fsp3) is 0.0833. The third-order valence-electron chi connectivity index (χ3n) is 6.16. The van der Waals surface area contributed by atoms with E-state index in [9.17, 15) is 0 Å². The molecule has 6 heteroatoms. The number of rotatable bonds is 0. The standard InChI is InChI=1S/C24H16N6/c1-13-25-27-23-19-11-18-16-8-4-6-10-22(16)30-14(2)26-28-24(30)20(18)12-17(19)15-7-3-5-9-21(15)29(13)23/h3-12H,1-2H3. The van der Waals surface area contributed by atoms with Crippen LogP contribution in [0.3, 0.4) is 0 Å². The van der Waals surface area contributed by atoms with E-state index in [1.807, 2.05) is 13.8 Å². The fourth-order valence-corrected chi connectivity index (χ4v) is 4.86. The first-order valence-electron chi connectivity index (χ1n) is 9.95. The second-order valence-corrected chi connectivity index (χ2v) is 7.79. The Morgan fingerprint density at radius 3 is 1.40 bits per heavy atom. The normalized spacial score (nSPS) is 12.3. The zero-order valence-electron chi connectivity index (χ0n) is 16.5. The number of aryl methyl sites for hydroxylation is 2. The molecule has 7 aromatic rings.